The van der Waals surface area contributed by atoms with Gasteiger partial charge in [-0.05, 0) is 68.3 Å². The Morgan fingerprint density at radius 1 is 1.11 bits per heavy atom. The minimum atomic E-state index is -1.10. The average Bonchev–Trinajstić information content (AvgIpc) is 3.19. The van der Waals surface area contributed by atoms with Crippen molar-refractivity contribution in [2.45, 2.75) is 51.9 Å². The molecule has 0 spiro atoms. The number of nitrogens with zero attached hydrogens (tertiary/aromatic N) is 1. The van der Waals surface area contributed by atoms with Crippen LogP contribution in [0.2, 0.25) is 5.02 Å². The van der Waals surface area contributed by atoms with E-state index in [1.807, 2.05) is 69.3 Å². The van der Waals surface area contributed by atoms with Gasteiger partial charge < -0.3 is 24.2 Å². The highest BCUT2D eigenvalue weighted by molar-refractivity contribution is 6.30. The monoisotopic (exact) mass is 537 g/mol. The summed E-state index contributed by atoms with van der Waals surface area (Å²) >= 11 is 6.03. The normalized spacial score (nSPS) is 16.1. The number of ether oxygens (including phenoxy) is 3. The van der Waals surface area contributed by atoms with Gasteiger partial charge in [0.05, 0.1) is 13.2 Å². The van der Waals surface area contributed by atoms with Gasteiger partial charge in [0.1, 0.15) is 17.9 Å². The Balaban J connectivity index is 1.59. The Morgan fingerprint density at radius 2 is 1.84 bits per heavy atom. The molecule has 0 radical (unpaired) electrons. The van der Waals surface area contributed by atoms with Crippen molar-refractivity contribution in [3.63, 3.8) is 0 Å². The van der Waals surface area contributed by atoms with Crippen LogP contribution in [-0.2, 0) is 24.2 Å². The number of halogens is 1. The molecular weight excluding hydrogens is 506 g/mol. The maximum Gasteiger partial charge on any atom is 0.323 e. The first kappa shape index (κ1) is 27.3. The van der Waals surface area contributed by atoms with E-state index in [2.05, 4.69) is 0 Å². The molecular formula is C30H32ClNO6. The van der Waals surface area contributed by atoms with Crippen LogP contribution in [0.1, 0.15) is 47.8 Å². The van der Waals surface area contributed by atoms with Gasteiger partial charge in [0.2, 0.25) is 0 Å². The molecule has 1 heterocycles. The smallest absolute Gasteiger partial charge is 0.323 e. The minimum absolute atomic E-state index is 0.00604. The summed E-state index contributed by atoms with van der Waals surface area (Å²) in [4.78, 5) is 26.6. The summed E-state index contributed by atoms with van der Waals surface area (Å²) in [5.41, 5.74) is 2.49. The molecule has 8 heteroatoms. The maximum absolute atomic E-state index is 13.6. The van der Waals surface area contributed by atoms with Crippen LogP contribution in [0.25, 0.3) is 0 Å². The topological polar surface area (TPSA) is 85.3 Å². The van der Waals surface area contributed by atoms with Gasteiger partial charge in [-0.1, -0.05) is 35.9 Å². The SMILES string of the molecule is COc1cc(C(=O)N(CC(=O)O)Cc2cccc(OC(C)C)c2)cc2c1OC(C)(Cc1ccc(Cl)cc1)C2. The van der Waals surface area contributed by atoms with E-state index in [-0.39, 0.29) is 12.6 Å². The lowest BCUT2D eigenvalue weighted by molar-refractivity contribution is -0.137. The molecule has 1 aliphatic heterocycles. The number of benzene rings is 3. The lowest BCUT2D eigenvalue weighted by atomic mass is 9.91. The van der Waals surface area contributed by atoms with Crippen molar-refractivity contribution in [1.29, 1.82) is 0 Å². The van der Waals surface area contributed by atoms with Gasteiger partial charge in [0.25, 0.3) is 5.91 Å². The van der Waals surface area contributed by atoms with Gasteiger partial charge in [-0.2, -0.15) is 0 Å². The van der Waals surface area contributed by atoms with Crippen molar-refractivity contribution in [3.05, 3.63) is 87.9 Å². The van der Waals surface area contributed by atoms with Gasteiger partial charge in [-0.15, -0.1) is 0 Å². The van der Waals surface area contributed by atoms with E-state index < -0.39 is 24.0 Å². The summed E-state index contributed by atoms with van der Waals surface area (Å²) in [6.45, 7) is 5.55. The number of hydrogen-bond donors (Lipinski definition) is 1. The fraction of sp³-hybridized carbons (Fsp3) is 0.333. The molecule has 200 valence electrons. The molecule has 3 aromatic rings. The summed E-state index contributed by atoms with van der Waals surface area (Å²) in [7, 11) is 1.53. The number of methoxy groups -OCH3 is 1. The third kappa shape index (κ3) is 6.58. The van der Waals surface area contributed by atoms with Crippen molar-refractivity contribution in [1.82, 2.24) is 4.90 Å². The van der Waals surface area contributed by atoms with Crippen LogP contribution in [0.5, 0.6) is 17.2 Å². The lowest BCUT2D eigenvalue weighted by Gasteiger charge is -2.24. The molecule has 0 aliphatic carbocycles. The Hall–Kier alpha value is -3.71. The Bertz CT molecular complexity index is 1320. The fourth-order valence-corrected chi connectivity index (χ4v) is 4.88. The van der Waals surface area contributed by atoms with E-state index in [4.69, 9.17) is 25.8 Å². The van der Waals surface area contributed by atoms with Gasteiger partial charge in [0, 0.05) is 35.5 Å². The van der Waals surface area contributed by atoms with Crippen molar-refractivity contribution < 1.29 is 28.9 Å². The van der Waals surface area contributed by atoms with Crippen LogP contribution in [0.3, 0.4) is 0 Å². The van der Waals surface area contributed by atoms with Crippen molar-refractivity contribution in [3.8, 4) is 17.2 Å². The molecule has 1 amide bonds. The molecule has 3 aromatic carbocycles. The highest BCUT2D eigenvalue weighted by Crippen LogP contribution is 2.44. The van der Waals surface area contributed by atoms with E-state index in [0.717, 1.165) is 16.7 Å². The first-order chi connectivity index (χ1) is 18.0. The van der Waals surface area contributed by atoms with Crippen LogP contribution >= 0.6 is 11.6 Å². The van der Waals surface area contributed by atoms with E-state index in [1.54, 1.807) is 12.1 Å². The van der Waals surface area contributed by atoms with Crippen LogP contribution in [-0.4, -0.2) is 47.2 Å². The fourth-order valence-electron chi connectivity index (χ4n) is 4.76. The van der Waals surface area contributed by atoms with Crippen molar-refractivity contribution >= 4 is 23.5 Å². The van der Waals surface area contributed by atoms with Gasteiger partial charge in [0.15, 0.2) is 11.5 Å². The molecule has 7 nitrogen and oxygen atoms in total. The molecule has 1 N–H and O–H groups in total. The second-order valence-electron chi connectivity index (χ2n) is 10.1. The highest BCUT2D eigenvalue weighted by atomic mass is 35.5. The number of carbonyl (C=O) groups excluding carboxylic acids is 1. The van der Waals surface area contributed by atoms with Crippen molar-refractivity contribution in [2.24, 2.45) is 0 Å². The van der Waals surface area contributed by atoms with Crippen LogP contribution in [0.4, 0.5) is 0 Å². The number of hydrogen-bond acceptors (Lipinski definition) is 5. The second-order valence-corrected chi connectivity index (χ2v) is 10.5. The Labute approximate surface area is 227 Å². The number of rotatable bonds is 10. The molecule has 0 saturated carbocycles. The average molecular weight is 538 g/mol. The molecule has 0 bridgehead atoms. The van der Waals surface area contributed by atoms with E-state index in [0.29, 0.717) is 40.7 Å². The molecule has 0 aromatic heterocycles. The number of fused-ring (bicyclic) bond motifs is 1. The third-order valence-corrected chi connectivity index (χ3v) is 6.51. The first-order valence-corrected chi connectivity index (χ1v) is 12.8. The molecule has 38 heavy (non-hydrogen) atoms. The van der Waals surface area contributed by atoms with Crippen LogP contribution < -0.4 is 14.2 Å². The summed E-state index contributed by atoms with van der Waals surface area (Å²) in [6, 6.07) is 18.4. The zero-order valence-electron chi connectivity index (χ0n) is 22.0. The first-order valence-electron chi connectivity index (χ1n) is 12.5. The molecule has 0 saturated heterocycles. The second kappa shape index (κ2) is 11.4. The number of carboxylic acids is 1. The Kier molecular flexibility index (Phi) is 8.17. The molecule has 1 unspecified atom stereocenters. The summed E-state index contributed by atoms with van der Waals surface area (Å²) in [6.07, 6.45) is 1.20. The summed E-state index contributed by atoms with van der Waals surface area (Å²) < 4.78 is 17.7. The van der Waals surface area contributed by atoms with E-state index in [1.165, 1.54) is 12.0 Å². The van der Waals surface area contributed by atoms with Crippen LogP contribution in [0, 0.1) is 0 Å². The van der Waals surface area contributed by atoms with Gasteiger partial charge >= 0.3 is 5.97 Å². The van der Waals surface area contributed by atoms with Crippen molar-refractivity contribution in [2.75, 3.05) is 13.7 Å². The molecule has 1 atom stereocenters. The number of carboxylic acid groups (broad SMARTS) is 1. The lowest BCUT2D eigenvalue weighted by Crippen LogP contribution is -2.35. The Morgan fingerprint density at radius 3 is 2.50 bits per heavy atom. The molecule has 1 aliphatic rings. The summed E-state index contributed by atoms with van der Waals surface area (Å²) in [5, 5.41) is 10.2. The van der Waals surface area contributed by atoms with E-state index >= 15 is 0 Å². The zero-order valence-corrected chi connectivity index (χ0v) is 22.7. The summed E-state index contributed by atoms with van der Waals surface area (Å²) in [5.74, 6) is 0.198. The number of aliphatic carboxylic acids is 1. The standard InChI is InChI=1S/C30H32ClNO6/c1-19(2)37-25-7-5-6-21(12-25)17-32(18-27(33)34)29(35)22-13-23-16-30(3,38-28(23)26(14-22)36-4)15-20-8-10-24(31)11-9-20/h5-14,19H,15-18H2,1-4H3,(H,33,34). The van der Waals surface area contributed by atoms with Gasteiger partial charge in [-0.25, -0.2) is 0 Å². The quantitative estimate of drug-likeness (QED) is 0.352. The minimum Gasteiger partial charge on any atom is -0.493 e. The van der Waals surface area contributed by atoms with Gasteiger partial charge in [-0.3, -0.25) is 9.59 Å². The van der Waals surface area contributed by atoms with Crippen LogP contribution in [0.15, 0.2) is 60.7 Å². The predicted molar refractivity (Wildman–Crippen MR) is 145 cm³/mol. The molecule has 0 fully saturated rings. The maximum atomic E-state index is 13.6. The molecule has 4 rings (SSSR count). The number of carbonyl (C=O) groups is 2. The highest BCUT2D eigenvalue weighted by Gasteiger charge is 2.38. The third-order valence-electron chi connectivity index (χ3n) is 6.26. The zero-order chi connectivity index (χ0) is 27.4. The van der Waals surface area contributed by atoms with E-state index in [9.17, 15) is 14.7 Å². The largest absolute Gasteiger partial charge is 0.493 e. The predicted octanol–water partition coefficient (Wildman–Crippen LogP) is 5.80. The number of amides is 1.